The molecule has 1 aliphatic rings. The van der Waals surface area contributed by atoms with E-state index >= 15 is 0 Å². The molecule has 8 nitrogen and oxygen atoms in total. The highest BCUT2D eigenvalue weighted by atomic mass is 32.2. The second-order valence-corrected chi connectivity index (χ2v) is 7.64. The van der Waals surface area contributed by atoms with Gasteiger partial charge in [-0.15, -0.1) is 0 Å². The van der Waals surface area contributed by atoms with E-state index in [1.807, 2.05) is 4.90 Å². The van der Waals surface area contributed by atoms with Gasteiger partial charge < -0.3 is 14.5 Å². The molecule has 1 fully saturated rings. The zero-order chi connectivity index (χ0) is 18.7. The van der Waals surface area contributed by atoms with Crippen molar-refractivity contribution in [2.24, 2.45) is 0 Å². The minimum atomic E-state index is -3.88. The number of ether oxygens (including phenoxy) is 1. The summed E-state index contributed by atoms with van der Waals surface area (Å²) in [4.78, 5) is 12.4. The number of benzene rings is 1. The number of rotatable bonds is 5. The molecule has 0 bridgehead atoms. The number of anilines is 3. The monoisotopic (exact) mass is 381 g/mol. The summed E-state index contributed by atoms with van der Waals surface area (Å²) in [6, 6.07) is 4.60. The minimum Gasteiger partial charge on any atom is -0.378 e. The summed E-state index contributed by atoms with van der Waals surface area (Å²) in [5, 5.41) is 0. The van der Waals surface area contributed by atoms with Crippen molar-refractivity contribution in [3.63, 3.8) is 0 Å². The maximum absolute atomic E-state index is 13.0. The molecule has 2 heterocycles. The van der Waals surface area contributed by atoms with Crippen LogP contribution in [0.15, 0.2) is 35.4 Å². The van der Waals surface area contributed by atoms with Gasteiger partial charge in [0.05, 0.1) is 24.3 Å². The molecule has 140 valence electrons. The molecule has 1 aromatic carbocycles. The summed E-state index contributed by atoms with van der Waals surface area (Å²) >= 11 is 0. The van der Waals surface area contributed by atoms with Gasteiger partial charge in [-0.1, -0.05) is 0 Å². The van der Waals surface area contributed by atoms with E-state index in [1.165, 1.54) is 18.3 Å². The molecule has 0 amide bonds. The number of halogens is 1. The van der Waals surface area contributed by atoms with Gasteiger partial charge in [0.15, 0.2) is 5.82 Å². The van der Waals surface area contributed by atoms with Crippen molar-refractivity contribution in [1.82, 2.24) is 9.97 Å². The number of hydrogen-bond acceptors (Lipinski definition) is 7. The Kier molecular flexibility index (Phi) is 5.23. The second kappa shape index (κ2) is 7.42. The van der Waals surface area contributed by atoms with Crippen LogP contribution in [-0.2, 0) is 14.8 Å². The molecule has 0 aliphatic carbocycles. The summed E-state index contributed by atoms with van der Waals surface area (Å²) in [6.07, 6.45) is 1.44. The zero-order valence-electron chi connectivity index (χ0n) is 14.5. The van der Waals surface area contributed by atoms with Crippen molar-refractivity contribution in [2.75, 3.05) is 54.9 Å². The van der Waals surface area contributed by atoms with Crippen LogP contribution in [-0.4, -0.2) is 58.8 Å². The molecule has 1 aromatic heterocycles. The Morgan fingerprint density at radius 1 is 1.19 bits per heavy atom. The SMILES string of the molecule is CN(C)c1nc(N2CCOCC2)ncc1NS(=O)(=O)c1ccc(F)cc1. The van der Waals surface area contributed by atoms with Crippen LogP contribution in [0.4, 0.5) is 21.8 Å². The van der Waals surface area contributed by atoms with E-state index in [1.54, 1.807) is 19.0 Å². The lowest BCUT2D eigenvalue weighted by molar-refractivity contribution is 0.122. The van der Waals surface area contributed by atoms with E-state index in [-0.39, 0.29) is 10.6 Å². The van der Waals surface area contributed by atoms with Crippen molar-refractivity contribution >= 4 is 27.5 Å². The van der Waals surface area contributed by atoms with E-state index in [2.05, 4.69) is 14.7 Å². The molecule has 0 saturated carbocycles. The van der Waals surface area contributed by atoms with Gasteiger partial charge in [-0.3, -0.25) is 4.72 Å². The average Bonchev–Trinajstić information content (AvgIpc) is 2.62. The number of sulfonamides is 1. The molecule has 0 atom stereocenters. The molecule has 0 radical (unpaired) electrons. The third-order valence-corrected chi connectivity index (χ3v) is 5.22. The molecule has 1 aliphatic heterocycles. The highest BCUT2D eigenvalue weighted by Crippen LogP contribution is 2.26. The van der Waals surface area contributed by atoms with Crippen molar-refractivity contribution in [1.29, 1.82) is 0 Å². The minimum absolute atomic E-state index is 0.0409. The molecular formula is C16H20FN5O3S. The van der Waals surface area contributed by atoms with Crippen molar-refractivity contribution < 1.29 is 17.5 Å². The predicted octanol–water partition coefficient (Wildman–Crippen LogP) is 1.32. The van der Waals surface area contributed by atoms with Gasteiger partial charge in [-0.2, -0.15) is 4.98 Å². The molecule has 26 heavy (non-hydrogen) atoms. The largest absolute Gasteiger partial charge is 0.378 e. The Morgan fingerprint density at radius 2 is 1.85 bits per heavy atom. The predicted molar refractivity (Wildman–Crippen MR) is 96.6 cm³/mol. The number of nitrogens with one attached hydrogen (secondary N) is 1. The Hall–Kier alpha value is -2.46. The molecule has 1 N–H and O–H groups in total. The van der Waals surface area contributed by atoms with Crippen LogP contribution in [0.3, 0.4) is 0 Å². The molecule has 0 spiro atoms. The molecular weight excluding hydrogens is 361 g/mol. The summed E-state index contributed by atoms with van der Waals surface area (Å²) in [5.74, 6) is 0.449. The lowest BCUT2D eigenvalue weighted by atomic mass is 10.4. The van der Waals surface area contributed by atoms with Crippen LogP contribution in [0.5, 0.6) is 0 Å². The number of morpholine rings is 1. The summed E-state index contributed by atoms with van der Waals surface area (Å²) < 4.78 is 45.9. The van der Waals surface area contributed by atoms with E-state index < -0.39 is 15.8 Å². The number of hydrogen-bond donors (Lipinski definition) is 1. The number of nitrogens with zero attached hydrogens (tertiary/aromatic N) is 4. The summed E-state index contributed by atoms with van der Waals surface area (Å²) in [6.45, 7) is 2.54. The molecule has 3 rings (SSSR count). The van der Waals surface area contributed by atoms with Gasteiger partial charge in [-0.25, -0.2) is 17.8 Å². The fourth-order valence-electron chi connectivity index (χ4n) is 2.51. The first-order valence-corrected chi connectivity index (χ1v) is 9.50. The van der Waals surface area contributed by atoms with Gasteiger partial charge in [0.1, 0.15) is 11.5 Å². The summed E-state index contributed by atoms with van der Waals surface area (Å²) in [7, 11) is -0.351. The maximum atomic E-state index is 13.0. The van der Waals surface area contributed by atoms with Crippen LogP contribution in [0.1, 0.15) is 0 Å². The van der Waals surface area contributed by atoms with Crippen molar-refractivity contribution in [3.05, 3.63) is 36.3 Å². The van der Waals surface area contributed by atoms with E-state index in [0.29, 0.717) is 38.1 Å². The zero-order valence-corrected chi connectivity index (χ0v) is 15.3. The topological polar surface area (TPSA) is 87.7 Å². The Labute approximate surface area is 151 Å². The van der Waals surface area contributed by atoms with Gasteiger partial charge >= 0.3 is 0 Å². The standard InChI is InChI=1S/C16H20FN5O3S/c1-21(2)15-14(11-18-16(19-15)22-7-9-25-10-8-22)20-26(23,24)13-5-3-12(17)4-6-13/h3-6,11,20H,7-10H2,1-2H3. The van der Waals surface area contributed by atoms with Gasteiger partial charge in [-0.05, 0) is 24.3 Å². The molecule has 1 saturated heterocycles. The smallest absolute Gasteiger partial charge is 0.262 e. The fraction of sp³-hybridized carbons (Fsp3) is 0.375. The van der Waals surface area contributed by atoms with Gasteiger partial charge in [0.2, 0.25) is 5.95 Å². The van der Waals surface area contributed by atoms with Gasteiger partial charge in [0.25, 0.3) is 10.0 Å². The number of aromatic nitrogens is 2. The van der Waals surface area contributed by atoms with E-state index in [4.69, 9.17) is 4.74 Å². The summed E-state index contributed by atoms with van der Waals surface area (Å²) in [5.41, 5.74) is 0.247. The first kappa shape index (κ1) is 18.3. The molecule has 10 heteroatoms. The molecule has 2 aromatic rings. The third-order valence-electron chi connectivity index (χ3n) is 3.84. The van der Waals surface area contributed by atoms with Crippen LogP contribution >= 0.6 is 0 Å². The normalized spacial score (nSPS) is 15.0. The van der Waals surface area contributed by atoms with Crippen LogP contribution in [0, 0.1) is 5.82 Å². The van der Waals surface area contributed by atoms with Crippen LogP contribution in [0.25, 0.3) is 0 Å². The second-order valence-electron chi connectivity index (χ2n) is 5.96. The Bertz CT molecular complexity index is 868. The lowest BCUT2D eigenvalue weighted by Crippen LogP contribution is -2.37. The first-order chi connectivity index (χ1) is 12.4. The van der Waals surface area contributed by atoms with E-state index in [9.17, 15) is 12.8 Å². The Morgan fingerprint density at radius 3 is 2.46 bits per heavy atom. The van der Waals surface area contributed by atoms with Crippen molar-refractivity contribution in [2.45, 2.75) is 4.90 Å². The van der Waals surface area contributed by atoms with Gasteiger partial charge in [0, 0.05) is 27.2 Å². The highest BCUT2D eigenvalue weighted by molar-refractivity contribution is 7.92. The maximum Gasteiger partial charge on any atom is 0.262 e. The third kappa shape index (κ3) is 4.02. The van der Waals surface area contributed by atoms with Crippen LogP contribution < -0.4 is 14.5 Å². The Balaban J connectivity index is 1.90. The lowest BCUT2D eigenvalue weighted by Gasteiger charge is -2.28. The van der Waals surface area contributed by atoms with Crippen molar-refractivity contribution in [3.8, 4) is 0 Å². The van der Waals surface area contributed by atoms with Crippen LogP contribution in [0.2, 0.25) is 0 Å². The highest BCUT2D eigenvalue weighted by Gasteiger charge is 2.21. The first-order valence-electron chi connectivity index (χ1n) is 8.02. The van der Waals surface area contributed by atoms with E-state index in [0.717, 1.165) is 12.1 Å². The molecule has 0 unspecified atom stereocenters. The quantitative estimate of drug-likeness (QED) is 0.836. The average molecular weight is 381 g/mol. The fourth-order valence-corrected chi connectivity index (χ4v) is 3.56.